The number of imidazole rings is 1. The molecule has 0 N–H and O–H groups in total. The summed E-state index contributed by atoms with van der Waals surface area (Å²) in [5.74, 6) is 0.358. The van der Waals surface area contributed by atoms with Gasteiger partial charge in [0.1, 0.15) is 5.65 Å². The standard InChI is InChI=1S/C65H54N4/c1-65(2,3)55-32-44-61(45-33-55)69(60-42-30-54(31-43-60)64-63(53-19-11-6-12-20-53)66-62-21-13-14-46-67(62)64)59-40-28-52(29-41-59)51-26-38-58(39-27-51)68(56-34-22-49(23-35-56)47-15-7-4-8-16-47)57-36-24-50(25-37-57)48-17-9-5-10-18-48/h4-24,26-46,50H,25H2,1-3H3. The number of hydrogen-bond acceptors (Lipinski definition) is 3. The van der Waals surface area contributed by atoms with Gasteiger partial charge in [-0.1, -0.05) is 191 Å². The van der Waals surface area contributed by atoms with Gasteiger partial charge in [0, 0.05) is 57.4 Å². The minimum atomic E-state index is 0.0478. The van der Waals surface area contributed by atoms with Crippen molar-refractivity contribution in [1.82, 2.24) is 9.38 Å². The molecule has 2 aromatic heterocycles. The van der Waals surface area contributed by atoms with Crippen LogP contribution in [0.2, 0.25) is 0 Å². The van der Waals surface area contributed by atoms with Crippen LogP contribution >= 0.6 is 0 Å². The van der Waals surface area contributed by atoms with Crippen molar-refractivity contribution in [1.29, 1.82) is 0 Å². The smallest absolute Gasteiger partial charge is 0.137 e. The Hall–Kier alpha value is -8.47. The predicted molar refractivity (Wildman–Crippen MR) is 290 cm³/mol. The number of allylic oxidation sites excluding steroid dienone is 3. The fourth-order valence-electron chi connectivity index (χ4n) is 9.60. The SMILES string of the molecule is CC(C)(C)c1ccc(N(c2ccc(-c3ccc(N(C4=CCC(c5ccccc5)C=C4)c4ccc(-c5ccccc5)cc4)cc3)cc2)c2ccc(-c3c(-c4ccccc4)nc4ccccn34)cc2)cc1. The van der Waals surface area contributed by atoms with Gasteiger partial charge in [0.05, 0.1) is 11.4 Å². The summed E-state index contributed by atoms with van der Waals surface area (Å²) in [7, 11) is 0. The van der Waals surface area contributed by atoms with Crippen molar-refractivity contribution < 1.29 is 0 Å². The quantitative estimate of drug-likeness (QED) is 0.129. The monoisotopic (exact) mass is 890 g/mol. The van der Waals surface area contributed by atoms with Gasteiger partial charge in [-0.15, -0.1) is 0 Å². The molecule has 0 saturated heterocycles. The normalized spacial score (nSPS) is 13.6. The van der Waals surface area contributed by atoms with E-state index >= 15 is 0 Å². The molecule has 334 valence electrons. The van der Waals surface area contributed by atoms with Crippen LogP contribution in [0.1, 0.15) is 44.2 Å². The minimum absolute atomic E-state index is 0.0478. The fraction of sp³-hybridized carbons (Fsp3) is 0.0923. The lowest BCUT2D eigenvalue weighted by Crippen LogP contribution is -2.17. The maximum atomic E-state index is 5.09. The number of nitrogens with zero attached hydrogens (tertiary/aromatic N) is 4. The lowest BCUT2D eigenvalue weighted by Gasteiger charge is -2.29. The van der Waals surface area contributed by atoms with E-state index in [-0.39, 0.29) is 5.41 Å². The van der Waals surface area contributed by atoms with Gasteiger partial charge in [-0.2, -0.15) is 0 Å². The molecule has 0 aliphatic heterocycles. The number of pyridine rings is 1. The van der Waals surface area contributed by atoms with E-state index in [1.165, 1.54) is 28.0 Å². The second-order valence-electron chi connectivity index (χ2n) is 18.9. The molecule has 0 amide bonds. The molecular weight excluding hydrogens is 837 g/mol. The number of rotatable bonds is 11. The minimum Gasteiger partial charge on any atom is -0.311 e. The summed E-state index contributed by atoms with van der Waals surface area (Å²) in [4.78, 5) is 9.82. The van der Waals surface area contributed by atoms with Crippen molar-refractivity contribution in [3.05, 3.63) is 272 Å². The molecule has 8 aromatic carbocycles. The van der Waals surface area contributed by atoms with E-state index in [4.69, 9.17) is 4.98 Å². The molecule has 0 fully saturated rings. The zero-order valence-corrected chi connectivity index (χ0v) is 39.3. The predicted octanol–water partition coefficient (Wildman–Crippen LogP) is 17.5. The van der Waals surface area contributed by atoms with Crippen molar-refractivity contribution >= 4 is 34.1 Å². The van der Waals surface area contributed by atoms with E-state index in [1.54, 1.807) is 0 Å². The van der Waals surface area contributed by atoms with E-state index in [1.807, 2.05) is 6.07 Å². The summed E-state index contributed by atoms with van der Waals surface area (Å²) < 4.78 is 2.19. The molecule has 1 aliphatic carbocycles. The van der Waals surface area contributed by atoms with Crippen LogP contribution in [0.4, 0.5) is 28.4 Å². The van der Waals surface area contributed by atoms with Crippen molar-refractivity contribution in [3.8, 4) is 44.8 Å². The molecule has 2 heterocycles. The van der Waals surface area contributed by atoms with Gasteiger partial charge in [-0.25, -0.2) is 4.98 Å². The molecule has 4 heteroatoms. The van der Waals surface area contributed by atoms with Gasteiger partial charge >= 0.3 is 0 Å². The van der Waals surface area contributed by atoms with Crippen molar-refractivity contribution in [2.45, 2.75) is 38.5 Å². The molecule has 0 spiro atoms. The molecule has 0 radical (unpaired) electrons. The molecule has 1 aliphatic rings. The number of anilines is 5. The van der Waals surface area contributed by atoms with Crippen LogP contribution in [-0.4, -0.2) is 9.38 Å². The van der Waals surface area contributed by atoms with Gasteiger partial charge in [0.25, 0.3) is 0 Å². The van der Waals surface area contributed by atoms with E-state index in [9.17, 15) is 0 Å². The molecule has 11 rings (SSSR count). The first-order valence-electron chi connectivity index (χ1n) is 24.0. The van der Waals surface area contributed by atoms with E-state index in [0.717, 1.165) is 74.1 Å². The molecule has 4 nitrogen and oxygen atoms in total. The van der Waals surface area contributed by atoms with Gasteiger partial charge in [0.15, 0.2) is 0 Å². The summed E-state index contributed by atoms with van der Waals surface area (Å²) in [5, 5.41) is 0. The molecule has 1 atom stereocenters. The largest absolute Gasteiger partial charge is 0.311 e. The van der Waals surface area contributed by atoms with Gasteiger partial charge in [-0.05, 0) is 124 Å². The zero-order valence-electron chi connectivity index (χ0n) is 39.3. The third kappa shape index (κ3) is 8.93. The summed E-state index contributed by atoms with van der Waals surface area (Å²) in [6.07, 6.45) is 10.1. The van der Waals surface area contributed by atoms with Crippen molar-refractivity contribution in [2.75, 3.05) is 9.80 Å². The average molecular weight is 891 g/mol. The van der Waals surface area contributed by atoms with Gasteiger partial charge in [-0.3, -0.25) is 4.40 Å². The Morgan fingerprint density at radius 2 is 0.870 bits per heavy atom. The highest BCUT2D eigenvalue weighted by atomic mass is 15.2. The molecule has 10 aromatic rings. The number of aromatic nitrogens is 2. The Morgan fingerprint density at radius 3 is 1.36 bits per heavy atom. The van der Waals surface area contributed by atoms with Gasteiger partial charge in [0.2, 0.25) is 0 Å². The Balaban J connectivity index is 0.909. The fourth-order valence-corrected chi connectivity index (χ4v) is 9.60. The third-order valence-corrected chi connectivity index (χ3v) is 13.4. The first-order chi connectivity index (χ1) is 33.8. The summed E-state index contributed by atoms with van der Waals surface area (Å²) in [6.45, 7) is 6.79. The van der Waals surface area contributed by atoms with Crippen molar-refractivity contribution in [2.24, 2.45) is 0 Å². The molecule has 69 heavy (non-hydrogen) atoms. The van der Waals surface area contributed by atoms with E-state index in [2.05, 4.69) is 284 Å². The Bertz CT molecular complexity index is 3380. The summed E-state index contributed by atoms with van der Waals surface area (Å²) in [6, 6.07) is 82.9. The Labute approximate surface area is 406 Å². The molecule has 0 bridgehead atoms. The molecule has 0 saturated carbocycles. The topological polar surface area (TPSA) is 23.8 Å². The van der Waals surface area contributed by atoms with Crippen LogP contribution in [0.5, 0.6) is 0 Å². The Kier molecular flexibility index (Phi) is 11.7. The average Bonchev–Trinajstić information content (AvgIpc) is 3.80. The first-order valence-corrected chi connectivity index (χ1v) is 24.0. The maximum absolute atomic E-state index is 5.09. The summed E-state index contributed by atoms with van der Waals surface area (Å²) >= 11 is 0. The maximum Gasteiger partial charge on any atom is 0.137 e. The molecular formula is C65H54N4. The van der Waals surface area contributed by atoms with Crippen LogP contribution < -0.4 is 9.80 Å². The number of fused-ring (bicyclic) bond motifs is 1. The second kappa shape index (κ2) is 18.7. The highest BCUT2D eigenvalue weighted by Gasteiger charge is 2.21. The Morgan fingerprint density at radius 1 is 0.435 bits per heavy atom. The van der Waals surface area contributed by atoms with Gasteiger partial charge < -0.3 is 9.80 Å². The van der Waals surface area contributed by atoms with Crippen molar-refractivity contribution in [3.63, 3.8) is 0 Å². The van der Waals surface area contributed by atoms with Crippen LogP contribution in [-0.2, 0) is 5.41 Å². The number of hydrogen-bond donors (Lipinski definition) is 0. The highest BCUT2D eigenvalue weighted by Crippen LogP contribution is 2.41. The van der Waals surface area contributed by atoms with Crippen LogP contribution in [0, 0.1) is 0 Å². The van der Waals surface area contributed by atoms with Crippen LogP contribution in [0.25, 0.3) is 50.4 Å². The van der Waals surface area contributed by atoms with E-state index < -0.39 is 0 Å². The van der Waals surface area contributed by atoms with E-state index in [0.29, 0.717) is 5.92 Å². The van der Waals surface area contributed by atoms with Crippen LogP contribution in [0.3, 0.4) is 0 Å². The first kappa shape index (κ1) is 43.1. The zero-order chi connectivity index (χ0) is 46.7. The second-order valence-corrected chi connectivity index (χ2v) is 18.9. The third-order valence-electron chi connectivity index (χ3n) is 13.4. The molecule has 1 unspecified atom stereocenters. The summed E-state index contributed by atoms with van der Waals surface area (Å²) in [5.41, 5.74) is 19.3. The lowest BCUT2D eigenvalue weighted by atomic mass is 9.87. The van der Waals surface area contributed by atoms with Crippen LogP contribution in [0.15, 0.2) is 261 Å². The number of benzene rings is 8. The lowest BCUT2D eigenvalue weighted by molar-refractivity contribution is 0.590. The highest BCUT2D eigenvalue weighted by molar-refractivity contribution is 5.85.